The fourth-order valence-corrected chi connectivity index (χ4v) is 4.92. The van der Waals surface area contributed by atoms with Crippen molar-refractivity contribution in [2.45, 2.75) is 50.4 Å². The van der Waals surface area contributed by atoms with E-state index in [2.05, 4.69) is 19.9 Å². The summed E-state index contributed by atoms with van der Waals surface area (Å²) in [5.41, 5.74) is -1.55. The normalized spacial score (nSPS) is 23.4. The van der Waals surface area contributed by atoms with Crippen LogP contribution in [0.25, 0.3) is 0 Å². The fourth-order valence-electron chi connectivity index (χ4n) is 4.92. The quantitative estimate of drug-likeness (QED) is 0.339. The molecule has 0 amide bonds. The summed E-state index contributed by atoms with van der Waals surface area (Å²) in [6, 6.07) is 5.82. The maximum atomic E-state index is 11.2. The Morgan fingerprint density at radius 3 is 2.22 bits per heavy atom. The molecule has 2 fully saturated rings. The number of aliphatic hydroxyl groups is 2. The number of likely N-dealkylation sites (tertiary alicyclic amines) is 1. The second-order valence-corrected chi connectivity index (χ2v) is 9.35. The van der Waals surface area contributed by atoms with Crippen LogP contribution in [0.2, 0.25) is 0 Å². The molecule has 0 radical (unpaired) electrons. The first-order chi connectivity index (χ1) is 16.9. The summed E-state index contributed by atoms with van der Waals surface area (Å²) in [7, 11) is 0. The lowest BCUT2D eigenvalue weighted by Crippen LogP contribution is -2.42. The zero-order valence-corrected chi connectivity index (χ0v) is 19.8. The van der Waals surface area contributed by atoms with Crippen LogP contribution in [-0.4, -0.2) is 82.0 Å². The lowest BCUT2D eigenvalue weighted by molar-refractivity contribution is -0.170. The lowest BCUT2D eigenvalue weighted by atomic mass is 9.85. The Balaban J connectivity index is 0.000000240. The van der Waals surface area contributed by atoms with Gasteiger partial charge >= 0.3 is 17.9 Å². The molecule has 0 aromatic carbocycles. The molecule has 2 aromatic heterocycles. The first-order valence-electron chi connectivity index (χ1n) is 11.5. The van der Waals surface area contributed by atoms with Crippen LogP contribution in [0.5, 0.6) is 0 Å². The van der Waals surface area contributed by atoms with E-state index in [0.717, 1.165) is 49.6 Å². The van der Waals surface area contributed by atoms with Gasteiger partial charge in [-0.15, -0.1) is 0 Å². The van der Waals surface area contributed by atoms with E-state index in [4.69, 9.17) is 20.4 Å². The number of hydrogen-bond acceptors (Lipinski definition) is 9. The standard InChI is InChI=1S/C18H22N4O.C6H8O7/c1-13-20-8-14(9-21-13)10-22-11-15-5-6-18(23,16(15)12-22)17-4-2-3-7-19-17;7-3(8)1-6(13,5(11)12)2-4(9)10/h2-4,7-9,15-16,23H,5-6,10-12H2,1H3;13H,1-2H2,(H,7,8)(H,9,10)(H,11,12)/t15-,16+,18-;/m0./s1. The van der Waals surface area contributed by atoms with Crippen LogP contribution in [0.4, 0.5) is 0 Å². The Hall–Kier alpha value is -3.48. The van der Waals surface area contributed by atoms with Crippen molar-refractivity contribution >= 4 is 17.9 Å². The molecule has 2 aromatic rings. The molecule has 12 nitrogen and oxygen atoms in total. The van der Waals surface area contributed by atoms with Gasteiger partial charge < -0.3 is 25.5 Å². The van der Waals surface area contributed by atoms with Crippen LogP contribution < -0.4 is 0 Å². The molecule has 2 aliphatic rings. The molecular formula is C24H30N4O8. The van der Waals surface area contributed by atoms with Crippen LogP contribution in [-0.2, 0) is 26.5 Å². The van der Waals surface area contributed by atoms with Crippen molar-refractivity contribution in [2.24, 2.45) is 11.8 Å². The van der Waals surface area contributed by atoms with Gasteiger partial charge in [0.2, 0.25) is 0 Å². The molecule has 1 aliphatic carbocycles. The Labute approximate surface area is 207 Å². The summed E-state index contributed by atoms with van der Waals surface area (Å²) in [5, 5.41) is 45.1. The van der Waals surface area contributed by atoms with Gasteiger partial charge in [0.15, 0.2) is 5.60 Å². The van der Waals surface area contributed by atoms with Crippen molar-refractivity contribution in [1.29, 1.82) is 0 Å². The van der Waals surface area contributed by atoms with Gasteiger partial charge in [-0.3, -0.25) is 19.5 Å². The number of carboxylic acids is 3. The second-order valence-electron chi connectivity index (χ2n) is 9.35. The predicted octanol–water partition coefficient (Wildman–Crippen LogP) is 0.661. The highest BCUT2D eigenvalue weighted by Gasteiger charge is 2.53. The molecule has 12 heteroatoms. The van der Waals surface area contributed by atoms with Crippen LogP contribution in [0.3, 0.4) is 0 Å². The summed E-state index contributed by atoms with van der Waals surface area (Å²) in [5.74, 6) is -3.40. The SMILES string of the molecule is Cc1ncc(CN2C[C@@H]3CC[C@@](O)(c4ccccn4)[C@@H]3C2)cn1.O=C(O)CC(O)(CC(=O)O)C(=O)O. The zero-order valence-electron chi connectivity index (χ0n) is 19.8. The van der Waals surface area contributed by atoms with Gasteiger partial charge in [0, 0.05) is 49.7 Å². The first kappa shape index (κ1) is 27.1. The summed E-state index contributed by atoms with van der Waals surface area (Å²) in [6.07, 6.45) is 5.18. The smallest absolute Gasteiger partial charge is 0.336 e. The first-order valence-corrected chi connectivity index (χ1v) is 11.5. The maximum absolute atomic E-state index is 11.2. The van der Waals surface area contributed by atoms with Crippen LogP contribution in [0.1, 0.15) is 42.8 Å². The molecule has 0 unspecified atom stereocenters. The number of pyridine rings is 1. The number of aryl methyl sites for hydroxylation is 1. The highest BCUT2D eigenvalue weighted by Crippen LogP contribution is 2.50. The molecule has 1 saturated carbocycles. The number of carbonyl (C=O) groups is 3. The summed E-state index contributed by atoms with van der Waals surface area (Å²) >= 11 is 0. The number of aromatic nitrogens is 3. The summed E-state index contributed by atoms with van der Waals surface area (Å²) in [4.78, 5) is 45.9. The van der Waals surface area contributed by atoms with Crippen molar-refractivity contribution in [2.75, 3.05) is 13.1 Å². The van der Waals surface area contributed by atoms with E-state index in [1.165, 1.54) is 0 Å². The van der Waals surface area contributed by atoms with Gasteiger partial charge in [-0.25, -0.2) is 14.8 Å². The predicted molar refractivity (Wildman–Crippen MR) is 123 cm³/mol. The van der Waals surface area contributed by atoms with E-state index in [9.17, 15) is 19.5 Å². The van der Waals surface area contributed by atoms with Crippen molar-refractivity contribution in [3.05, 3.63) is 53.9 Å². The second kappa shape index (κ2) is 11.1. The summed E-state index contributed by atoms with van der Waals surface area (Å²) < 4.78 is 0. The highest BCUT2D eigenvalue weighted by atomic mass is 16.4. The molecule has 36 heavy (non-hydrogen) atoms. The third kappa shape index (κ3) is 6.39. The van der Waals surface area contributed by atoms with Gasteiger partial charge in [0.1, 0.15) is 11.4 Å². The number of nitrogens with zero attached hydrogens (tertiary/aromatic N) is 4. The third-order valence-corrected chi connectivity index (χ3v) is 6.66. The van der Waals surface area contributed by atoms with Gasteiger partial charge in [-0.2, -0.15) is 0 Å². The van der Waals surface area contributed by atoms with Crippen LogP contribution >= 0.6 is 0 Å². The summed E-state index contributed by atoms with van der Waals surface area (Å²) in [6.45, 7) is 4.70. The Morgan fingerprint density at radius 1 is 1.06 bits per heavy atom. The molecule has 3 heterocycles. The fraction of sp³-hybridized carbons (Fsp3) is 0.500. The molecule has 194 valence electrons. The van der Waals surface area contributed by atoms with Crippen LogP contribution in [0, 0.1) is 18.8 Å². The Kier molecular flexibility index (Phi) is 8.33. The van der Waals surface area contributed by atoms with Crippen molar-refractivity contribution in [3.8, 4) is 0 Å². The van der Waals surface area contributed by atoms with E-state index in [-0.39, 0.29) is 5.92 Å². The molecule has 0 bridgehead atoms. The molecule has 1 saturated heterocycles. The zero-order chi connectivity index (χ0) is 26.5. The maximum Gasteiger partial charge on any atom is 0.336 e. The van der Waals surface area contributed by atoms with E-state index >= 15 is 0 Å². The Morgan fingerprint density at radius 2 is 1.69 bits per heavy atom. The molecular weight excluding hydrogens is 472 g/mol. The lowest BCUT2D eigenvalue weighted by Gasteiger charge is -2.29. The Bertz CT molecular complexity index is 1070. The average Bonchev–Trinajstić information content (AvgIpc) is 3.35. The highest BCUT2D eigenvalue weighted by molar-refractivity contribution is 5.88. The van der Waals surface area contributed by atoms with Gasteiger partial charge in [0.25, 0.3) is 0 Å². The minimum absolute atomic E-state index is 0.267. The molecule has 3 atom stereocenters. The number of fused-ring (bicyclic) bond motifs is 1. The van der Waals surface area contributed by atoms with E-state index in [1.54, 1.807) is 6.20 Å². The van der Waals surface area contributed by atoms with Gasteiger partial charge in [0.05, 0.1) is 18.5 Å². The van der Waals surface area contributed by atoms with Crippen molar-refractivity contribution in [3.63, 3.8) is 0 Å². The third-order valence-electron chi connectivity index (χ3n) is 6.66. The van der Waals surface area contributed by atoms with Crippen molar-refractivity contribution < 1.29 is 39.9 Å². The monoisotopic (exact) mass is 502 g/mol. The van der Waals surface area contributed by atoms with E-state index < -0.39 is 42.0 Å². The van der Waals surface area contributed by atoms with E-state index in [0.29, 0.717) is 5.92 Å². The van der Waals surface area contributed by atoms with Crippen LogP contribution in [0.15, 0.2) is 36.8 Å². The van der Waals surface area contributed by atoms with E-state index in [1.807, 2.05) is 37.5 Å². The van der Waals surface area contributed by atoms with Crippen molar-refractivity contribution in [1.82, 2.24) is 19.9 Å². The molecule has 4 rings (SSSR count). The number of hydrogen-bond donors (Lipinski definition) is 5. The topological polar surface area (TPSA) is 194 Å². The van der Waals surface area contributed by atoms with Gasteiger partial charge in [-0.05, 0) is 37.8 Å². The number of rotatable bonds is 8. The molecule has 0 spiro atoms. The number of aliphatic carboxylic acids is 3. The minimum atomic E-state index is -2.74. The minimum Gasteiger partial charge on any atom is -0.481 e. The largest absolute Gasteiger partial charge is 0.481 e. The number of carboxylic acid groups (broad SMARTS) is 3. The molecule has 1 aliphatic heterocycles. The van der Waals surface area contributed by atoms with Gasteiger partial charge in [-0.1, -0.05) is 6.07 Å². The average molecular weight is 503 g/mol. The molecule has 5 N–H and O–H groups in total.